The van der Waals surface area contributed by atoms with Crippen LogP contribution in [0.4, 0.5) is 0 Å². The summed E-state index contributed by atoms with van der Waals surface area (Å²) in [5.41, 5.74) is 0. The summed E-state index contributed by atoms with van der Waals surface area (Å²) in [6.45, 7) is 2.96. The fourth-order valence-electron chi connectivity index (χ4n) is 0.463. The Morgan fingerprint density at radius 2 is 2.44 bits per heavy atom. The van der Waals surface area contributed by atoms with Gasteiger partial charge in [0.25, 0.3) is 0 Å². The van der Waals surface area contributed by atoms with Crippen molar-refractivity contribution in [2.24, 2.45) is 0 Å². The number of hydrogen-bond donors (Lipinski definition) is 1. The Hall–Kier alpha value is -0.360. The van der Waals surface area contributed by atoms with E-state index in [9.17, 15) is 0 Å². The van der Waals surface area contributed by atoms with Gasteiger partial charge in [0.15, 0.2) is 6.19 Å². The SMILES string of the molecule is CCSCCCNC#N. The van der Waals surface area contributed by atoms with Crippen LogP contribution in [0.3, 0.4) is 0 Å². The minimum absolute atomic E-state index is 0.823. The predicted molar refractivity (Wildman–Crippen MR) is 41.2 cm³/mol. The standard InChI is InChI=1S/C6H12N2S/c1-2-9-5-3-4-8-6-7/h8H,2-5H2,1H3. The quantitative estimate of drug-likeness (QED) is 0.358. The van der Waals surface area contributed by atoms with E-state index in [1.54, 1.807) is 0 Å². The highest BCUT2D eigenvalue weighted by Gasteiger charge is 1.84. The van der Waals surface area contributed by atoms with E-state index in [1.807, 2.05) is 18.0 Å². The van der Waals surface area contributed by atoms with E-state index in [4.69, 9.17) is 5.26 Å². The zero-order valence-electron chi connectivity index (χ0n) is 5.68. The van der Waals surface area contributed by atoms with Crippen LogP contribution >= 0.6 is 11.8 Å². The Morgan fingerprint density at radius 3 is 3.00 bits per heavy atom. The molecule has 1 N–H and O–H groups in total. The van der Waals surface area contributed by atoms with Crippen LogP contribution in [-0.4, -0.2) is 18.1 Å². The third-order valence-electron chi connectivity index (χ3n) is 0.874. The molecule has 0 spiro atoms. The van der Waals surface area contributed by atoms with Gasteiger partial charge in [0.05, 0.1) is 0 Å². The molecule has 0 saturated heterocycles. The minimum atomic E-state index is 0.823. The first kappa shape index (κ1) is 8.64. The first-order chi connectivity index (χ1) is 4.41. The summed E-state index contributed by atoms with van der Waals surface area (Å²) >= 11 is 1.91. The van der Waals surface area contributed by atoms with Gasteiger partial charge in [-0.15, -0.1) is 0 Å². The molecule has 2 nitrogen and oxygen atoms in total. The Balaban J connectivity index is 2.69. The summed E-state index contributed by atoms with van der Waals surface area (Å²) in [6, 6.07) is 0. The number of nitriles is 1. The van der Waals surface area contributed by atoms with Gasteiger partial charge in [-0.1, -0.05) is 6.92 Å². The summed E-state index contributed by atoms with van der Waals surface area (Å²) in [5.74, 6) is 2.33. The molecular formula is C6H12N2S. The van der Waals surface area contributed by atoms with Crippen molar-refractivity contribution in [1.29, 1.82) is 5.26 Å². The normalized spacial score (nSPS) is 8.44. The maximum Gasteiger partial charge on any atom is 0.176 e. The molecule has 0 radical (unpaired) electrons. The first-order valence-electron chi connectivity index (χ1n) is 3.11. The Labute approximate surface area is 60.6 Å². The van der Waals surface area contributed by atoms with Crippen molar-refractivity contribution in [3.05, 3.63) is 0 Å². The number of nitrogens with one attached hydrogen (secondary N) is 1. The van der Waals surface area contributed by atoms with Crippen LogP contribution in [0.5, 0.6) is 0 Å². The van der Waals surface area contributed by atoms with Crippen molar-refractivity contribution in [3.8, 4) is 6.19 Å². The third kappa shape index (κ3) is 7.64. The van der Waals surface area contributed by atoms with Crippen molar-refractivity contribution >= 4 is 11.8 Å². The zero-order valence-corrected chi connectivity index (χ0v) is 6.50. The maximum absolute atomic E-state index is 8.05. The predicted octanol–water partition coefficient (Wildman–Crippen LogP) is 1.20. The molecule has 0 heterocycles. The smallest absolute Gasteiger partial charge is 0.176 e. The van der Waals surface area contributed by atoms with Crippen LogP contribution in [0.2, 0.25) is 0 Å². The molecule has 0 fully saturated rings. The van der Waals surface area contributed by atoms with Crippen molar-refractivity contribution < 1.29 is 0 Å². The lowest BCUT2D eigenvalue weighted by molar-refractivity contribution is 0.827. The van der Waals surface area contributed by atoms with Gasteiger partial charge in [-0.2, -0.15) is 17.0 Å². The zero-order chi connectivity index (χ0) is 6.95. The molecule has 0 aliphatic rings. The highest BCUT2D eigenvalue weighted by atomic mass is 32.2. The average Bonchev–Trinajstić information content (AvgIpc) is 1.89. The summed E-state index contributed by atoms with van der Waals surface area (Å²) in [6.07, 6.45) is 2.97. The van der Waals surface area contributed by atoms with Crippen LogP contribution in [0.1, 0.15) is 13.3 Å². The van der Waals surface area contributed by atoms with Crippen molar-refractivity contribution in [2.45, 2.75) is 13.3 Å². The van der Waals surface area contributed by atoms with Gasteiger partial charge in [-0.25, -0.2) is 0 Å². The van der Waals surface area contributed by atoms with Crippen LogP contribution in [0, 0.1) is 11.5 Å². The first-order valence-corrected chi connectivity index (χ1v) is 4.27. The fraction of sp³-hybridized carbons (Fsp3) is 0.833. The largest absolute Gasteiger partial charge is 0.324 e. The second-order valence-electron chi connectivity index (χ2n) is 1.59. The van der Waals surface area contributed by atoms with Crippen LogP contribution in [-0.2, 0) is 0 Å². The topological polar surface area (TPSA) is 35.8 Å². The van der Waals surface area contributed by atoms with Crippen molar-refractivity contribution in [1.82, 2.24) is 5.32 Å². The highest BCUT2D eigenvalue weighted by Crippen LogP contribution is 1.98. The van der Waals surface area contributed by atoms with E-state index in [-0.39, 0.29) is 0 Å². The fourth-order valence-corrected chi connectivity index (χ4v) is 1.10. The van der Waals surface area contributed by atoms with E-state index in [0.717, 1.165) is 18.7 Å². The lowest BCUT2D eigenvalue weighted by Gasteiger charge is -1.95. The van der Waals surface area contributed by atoms with Gasteiger partial charge < -0.3 is 5.32 Å². The molecule has 9 heavy (non-hydrogen) atoms. The number of hydrogen-bond acceptors (Lipinski definition) is 3. The number of nitrogens with zero attached hydrogens (tertiary/aromatic N) is 1. The summed E-state index contributed by atoms with van der Waals surface area (Å²) in [5, 5.41) is 10.7. The van der Waals surface area contributed by atoms with Gasteiger partial charge >= 0.3 is 0 Å². The van der Waals surface area contributed by atoms with E-state index in [0.29, 0.717) is 0 Å². The van der Waals surface area contributed by atoms with E-state index in [2.05, 4.69) is 12.2 Å². The van der Waals surface area contributed by atoms with Gasteiger partial charge in [0.2, 0.25) is 0 Å². The van der Waals surface area contributed by atoms with Crippen molar-refractivity contribution in [3.63, 3.8) is 0 Å². The van der Waals surface area contributed by atoms with Crippen LogP contribution in [0.15, 0.2) is 0 Å². The monoisotopic (exact) mass is 144 g/mol. The molecule has 0 aromatic heterocycles. The van der Waals surface area contributed by atoms with Crippen LogP contribution < -0.4 is 5.32 Å². The maximum atomic E-state index is 8.05. The molecule has 0 unspecified atom stereocenters. The van der Waals surface area contributed by atoms with Gasteiger partial charge in [-0.3, -0.25) is 0 Å². The van der Waals surface area contributed by atoms with Gasteiger partial charge in [0, 0.05) is 6.54 Å². The summed E-state index contributed by atoms with van der Waals surface area (Å²) < 4.78 is 0. The summed E-state index contributed by atoms with van der Waals surface area (Å²) in [7, 11) is 0. The van der Waals surface area contributed by atoms with E-state index in [1.165, 1.54) is 5.75 Å². The lowest BCUT2D eigenvalue weighted by atomic mass is 10.5. The Kier molecular flexibility index (Phi) is 7.33. The second-order valence-corrected chi connectivity index (χ2v) is 2.98. The van der Waals surface area contributed by atoms with Crippen LogP contribution in [0.25, 0.3) is 0 Å². The number of thioether (sulfide) groups is 1. The molecule has 0 atom stereocenters. The molecule has 0 aliphatic carbocycles. The molecule has 0 rings (SSSR count). The molecule has 0 aromatic carbocycles. The molecule has 0 aliphatic heterocycles. The van der Waals surface area contributed by atoms with Gasteiger partial charge in [-0.05, 0) is 17.9 Å². The average molecular weight is 144 g/mol. The lowest BCUT2D eigenvalue weighted by Crippen LogP contribution is -2.07. The minimum Gasteiger partial charge on any atom is -0.324 e. The molecular weight excluding hydrogens is 132 g/mol. The molecule has 0 saturated carbocycles. The molecule has 0 aromatic rings. The molecule has 52 valence electrons. The summed E-state index contributed by atoms with van der Waals surface area (Å²) in [4.78, 5) is 0. The van der Waals surface area contributed by atoms with Crippen molar-refractivity contribution in [2.75, 3.05) is 18.1 Å². The second kappa shape index (κ2) is 7.64. The Morgan fingerprint density at radius 1 is 1.67 bits per heavy atom. The molecule has 3 heteroatoms. The van der Waals surface area contributed by atoms with E-state index >= 15 is 0 Å². The van der Waals surface area contributed by atoms with Gasteiger partial charge in [0.1, 0.15) is 0 Å². The third-order valence-corrected chi connectivity index (χ3v) is 1.86. The molecule has 0 amide bonds. The highest BCUT2D eigenvalue weighted by molar-refractivity contribution is 7.99. The molecule has 0 bridgehead atoms. The number of rotatable bonds is 5. The van der Waals surface area contributed by atoms with E-state index < -0.39 is 0 Å². The Bertz CT molecular complexity index is 87.5.